The third-order valence-corrected chi connectivity index (χ3v) is 1.85. The molecule has 0 aliphatic rings. The summed E-state index contributed by atoms with van der Waals surface area (Å²) in [6.07, 6.45) is 5.08. The van der Waals surface area contributed by atoms with Gasteiger partial charge in [0.15, 0.2) is 0 Å². The van der Waals surface area contributed by atoms with Crippen LogP contribution in [0.4, 0.5) is 0 Å². The molecule has 0 bridgehead atoms. The van der Waals surface area contributed by atoms with Gasteiger partial charge in [-0.2, -0.15) is 5.10 Å². The van der Waals surface area contributed by atoms with Gasteiger partial charge in [-0.15, -0.1) is 0 Å². The Bertz CT molecular complexity index is 218. The van der Waals surface area contributed by atoms with Crippen molar-refractivity contribution in [2.45, 2.75) is 31.6 Å². The molecule has 0 aromatic carbocycles. The Morgan fingerprint density at radius 2 is 2.45 bits per heavy atom. The lowest BCUT2D eigenvalue weighted by molar-refractivity contribution is 0.659. The maximum atomic E-state index is 4.18. The minimum absolute atomic E-state index is 0.539. The van der Waals surface area contributed by atoms with E-state index in [0.717, 1.165) is 13.0 Å². The number of rotatable bonds is 3. The predicted octanol–water partition coefficient (Wildman–Crippen LogP) is 2.23. The van der Waals surface area contributed by atoms with Gasteiger partial charge in [-0.1, -0.05) is 22.9 Å². The SMILES string of the molecule is CCn1cc(CC(C)Br)cn1. The van der Waals surface area contributed by atoms with Crippen molar-refractivity contribution in [3.63, 3.8) is 0 Å². The molecule has 1 unspecified atom stereocenters. The molecule has 0 amide bonds. The molecule has 0 saturated carbocycles. The monoisotopic (exact) mass is 216 g/mol. The van der Waals surface area contributed by atoms with E-state index in [-0.39, 0.29) is 0 Å². The van der Waals surface area contributed by atoms with Crippen LogP contribution in [-0.2, 0) is 13.0 Å². The topological polar surface area (TPSA) is 17.8 Å². The van der Waals surface area contributed by atoms with E-state index < -0.39 is 0 Å². The second-order valence-corrected chi connectivity index (χ2v) is 4.25. The van der Waals surface area contributed by atoms with Gasteiger partial charge in [0, 0.05) is 17.6 Å². The van der Waals surface area contributed by atoms with E-state index in [2.05, 4.69) is 41.1 Å². The minimum atomic E-state index is 0.539. The van der Waals surface area contributed by atoms with Gasteiger partial charge in [-0.3, -0.25) is 4.68 Å². The molecule has 1 heterocycles. The lowest BCUT2D eigenvalue weighted by Gasteiger charge is -1.97. The fraction of sp³-hybridized carbons (Fsp3) is 0.625. The first-order valence-corrected chi connectivity index (χ1v) is 4.79. The molecule has 0 aliphatic heterocycles. The van der Waals surface area contributed by atoms with E-state index in [1.807, 2.05) is 10.9 Å². The van der Waals surface area contributed by atoms with Crippen molar-refractivity contribution in [3.8, 4) is 0 Å². The Labute approximate surface area is 75.7 Å². The third-order valence-electron chi connectivity index (χ3n) is 1.53. The molecule has 0 radical (unpaired) electrons. The Hall–Kier alpha value is -0.310. The van der Waals surface area contributed by atoms with Crippen molar-refractivity contribution < 1.29 is 0 Å². The summed E-state index contributed by atoms with van der Waals surface area (Å²) < 4.78 is 1.95. The van der Waals surface area contributed by atoms with Gasteiger partial charge in [0.05, 0.1) is 6.20 Å². The predicted molar refractivity (Wildman–Crippen MR) is 50.0 cm³/mol. The van der Waals surface area contributed by atoms with Crippen LogP contribution in [0.15, 0.2) is 12.4 Å². The summed E-state index contributed by atoms with van der Waals surface area (Å²) in [5, 5.41) is 4.18. The highest BCUT2D eigenvalue weighted by molar-refractivity contribution is 9.09. The van der Waals surface area contributed by atoms with Crippen LogP contribution in [0.2, 0.25) is 0 Å². The Kier molecular flexibility index (Phi) is 3.12. The van der Waals surface area contributed by atoms with Crippen molar-refractivity contribution in [3.05, 3.63) is 18.0 Å². The highest BCUT2D eigenvalue weighted by atomic mass is 79.9. The summed E-state index contributed by atoms with van der Waals surface area (Å²) in [6.45, 7) is 5.19. The van der Waals surface area contributed by atoms with Gasteiger partial charge in [-0.05, 0) is 18.9 Å². The molecule has 0 fully saturated rings. The summed E-state index contributed by atoms with van der Waals surface area (Å²) in [7, 11) is 0. The summed E-state index contributed by atoms with van der Waals surface area (Å²) in [6, 6.07) is 0. The summed E-state index contributed by atoms with van der Waals surface area (Å²) in [5.41, 5.74) is 1.30. The Morgan fingerprint density at radius 3 is 2.91 bits per heavy atom. The van der Waals surface area contributed by atoms with Gasteiger partial charge in [0.2, 0.25) is 0 Å². The van der Waals surface area contributed by atoms with Gasteiger partial charge >= 0.3 is 0 Å². The van der Waals surface area contributed by atoms with Crippen LogP contribution in [0.3, 0.4) is 0 Å². The summed E-state index contributed by atoms with van der Waals surface area (Å²) in [5.74, 6) is 0. The lowest BCUT2D eigenvalue weighted by atomic mass is 10.2. The quantitative estimate of drug-likeness (QED) is 0.710. The summed E-state index contributed by atoms with van der Waals surface area (Å²) >= 11 is 3.51. The van der Waals surface area contributed by atoms with E-state index >= 15 is 0 Å². The highest BCUT2D eigenvalue weighted by Crippen LogP contribution is 2.07. The molecule has 2 nitrogen and oxygen atoms in total. The van der Waals surface area contributed by atoms with Crippen molar-refractivity contribution in [2.75, 3.05) is 0 Å². The average Bonchev–Trinajstić information content (AvgIpc) is 2.34. The molecule has 11 heavy (non-hydrogen) atoms. The molecular formula is C8H13BrN2. The number of aromatic nitrogens is 2. The third kappa shape index (κ3) is 2.66. The number of nitrogens with zero attached hydrogens (tertiary/aromatic N) is 2. The molecule has 1 rings (SSSR count). The molecule has 0 spiro atoms. The van der Waals surface area contributed by atoms with Crippen molar-refractivity contribution in [2.24, 2.45) is 0 Å². The Balaban J connectivity index is 2.58. The van der Waals surface area contributed by atoms with Crippen molar-refractivity contribution >= 4 is 15.9 Å². The number of hydrogen-bond acceptors (Lipinski definition) is 1. The number of aryl methyl sites for hydroxylation is 1. The van der Waals surface area contributed by atoms with Gasteiger partial charge < -0.3 is 0 Å². The smallest absolute Gasteiger partial charge is 0.0522 e. The molecule has 1 atom stereocenters. The normalized spacial score (nSPS) is 13.4. The molecule has 0 aliphatic carbocycles. The number of alkyl halides is 1. The van der Waals surface area contributed by atoms with Gasteiger partial charge in [-0.25, -0.2) is 0 Å². The second kappa shape index (κ2) is 3.90. The summed E-state index contributed by atoms with van der Waals surface area (Å²) in [4.78, 5) is 0.539. The van der Waals surface area contributed by atoms with Crippen LogP contribution in [0.5, 0.6) is 0 Å². The lowest BCUT2D eigenvalue weighted by Crippen LogP contribution is -1.95. The highest BCUT2D eigenvalue weighted by Gasteiger charge is 2.00. The molecule has 3 heteroatoms. The maximum absolute atomic E-state index is 4.18. The van der Waals surface area contributed by atoms with Crippen LogP contribution >= 0.6 is 15.9 Å². The maximum Gasteiger partial charge on any atom is 0.0522 e. The molecule has 1 aromatic heterocycles. The van der Waals surface area contributed by atoms with Crippen LogP contribution in [0, 0.1) is 0 Å². The van der Waals surface area contributed by atoms with E-state index in [1.54, 1.807) is 0 Å². The van der Waals surface area contributed by atoms with Crippen LogP contribution < -0.4 is 0 Å². The fourth-order valence-corrected chi connectivity index (χ4v) is 1.38. The van der Waals surface area contributed by atoms with Crippen LogP contribution in [0.25, 0.3) is 0 Å². The molecular weight excluding hydrogens is 204 g/mol. The number of hydrogen-bond donors (Lipinski definition) is 0. The largest absolute Gasteiger partial charge is 0.273 e. The van der Waals surface area contributed by atoms with Crippen molar-refractivity contribution in [1.29, 1.82) is 0 Å². The fourth-order valence-electron chi connectivity index (χ4n) is 1.01. The minimum Gasteiger partial charge on any atom is -0.273 e. The van der Waals surface area contributed by atoms with Gasteiger partial charge in [0.1, 0.15) is 0 Å². The van der Waals surface area contributed by atoms with Crippen molar-refractivity contribution in [1.82, 2.24) is 9.78 Å². The second-order valence-electron chi connectivity index (χ2n) is 2.69. The molecule has 0 saturated heterocycles. The first-order chi connectivity index (χ1) is 5.22. The first kappa shape index (κ1) is 8.78. The zero-order valence-electron chi connectivity index (χ0n) is 6.92. The molecule has 1 aromatic rings. The first-order valence-electron chi connectivity index (χ1n) is 3.87. The average molecular weight is 217 g/mol. The van der Waals surface area contributed by atoms with E-state index in [4.69, 9.17) is 0 Å². The zero-order valence-corrected chi connectivity index (χ0v) is 8.50. The van der Waals surface area contributed by atoms with E-state index in [1.165, 1.54) is 5.56 Å². The van der Waals surface area contributed by atoms with Crippen LogP contribution in [0.1, 0.15) is 19.4 Å². The van der Waals surface area contributed by atoms with E-state index in [0.29, 0.717) is 4.83 Å². The molecule has 0 N–H and O–H groups in total. The number of halogens is 1. The Morgan fingerprint density at radius 1 is 1.73 bits per heavy atom. The zero-order chi connectivity index (χ0) is 8.27. The molecule has 62 valence electrons. The van der Waals surface area contributed by atoms with Crippen LogP contribution in [-0.4, -0.2) is 14.6 Å². The van der Waals surface area contributed by atoms with Gasteiger partial charge in [0.25, 0.3) is 0 Å². The van der Waals surface area contributed by atoms with E-state index in [9.17, 15) is 0 Å². The standard InChI is InChI=1S/C8H13BrN2/c1-3-11-6-8(5-10-11)4-7(2)9/h5-7H,3-4H2,1-2H3.